The Bertz CT molecular complexity index is 736. The highest BCUT2D eigenvalue weighted by Crippen LogP contribution is 2.17. The van der Waals surface area contributed by atoms with E-state index in [1.165, 1.54) is 12.4 Å². The molecule has 0 amide bonds. The van der Waals surface area contributed by atoms with Gasteiger partial charge in [0.25, 0.3) is 0 Å². The molecule has 0 aliphatic carbocycles. The molecule has 112 valence electrons. The third-order valence-electron chi connectivity index (χ3n) is 3.18. The topological polar surface area (TPSA) is 67.5 Å². The van der Waals surface area contributed by atoms with Gasteiger partial charge in [-0.15, -0.1) is 0 Å². The first-order valence-electron chi connectivity index (χ1n) is 6.84. The van der Waals surface area contributed by atoms with Gasteiger partial charge in [-0.3, -0.25) is 10.1 Å². The van der Waals surface area contributed by atoms with E-state index in [2.05, 4.69) is 10.3 Å². The van der Waals surface area contributed by atoms with E-state index in [9.17, 15) is 10.1 Å². The van der Waals surface area contributed by atoms with Crippen LogP contribution in [-0.2, 0) is 0 Å². The van der Waals surface area contributed by atoms with E-state index < -0.39 is 4.92 Å². The molecule has 2 rings (SSSR count). The standard InChI is InChI=1S/C17H17N3O2/c1-13-7-3-5-9-16(13)18-11-15(20(21)22)12-19-17-10-6-4-8-14(17)2/h3-12,18H,1-2H3/b15-11-,19-12?. The Morgan fingerprint density at radius 1 is 1.09 bits per heavy atom. The van der Waals surface area contributed by atoms with Gasteiger partial charge in [-0.2, -0.15) is 0 Å². The van der Waals surface area contributed by atoms with Crippen molar-refractivity contribution in [3.63, 3.8) is 0 Å². The highest BCUT2D eigenvalue weighted by molar-refractivity contribution is 5.79. The number of allylic oxidation sites excluding steroid dienone is 1. The number of hydrogen-bond acceptors (Lipinski definition) is 4. The minimum absolute atomic E-state index is 0.105. The van der Waals surface area contributed by atoms with Crippen LogP contribution in [0.4, 0.5) is 11.4 Å². The fourth-order valence-corrected chi connectivity index (χ4v) is 1.87. The van der Waals surface area contributed by atoms with Crippen LogP contribution in [0, 0.1) is 24.0 Å². The number of nitro groups is 1. The van der Waals surface area contributed by atoms with Gasteiger partial charge >= 0.3 is 5.70 Å². The molecule has 0 bridgehead atoms. The van der Waals surface area contributed by atoms with Crippen LogP contribution in [0.5, 0.6) is 0 Å². The summed E-state index contributed by atoms with van der Waals surface area (Å²) in [5.74, 6) is 0. The van der Waals surface area contributed by atoms with Gasteiger partial charge in [-0.25, -0.2) is 4.99 Å². The fraction of sp³-hybridized carbons (Fsp3) is 0.118. The number of aryl methyl sites for hydroxylation is 2. The van der Waals surface area contributed by atoms with Gasteiger partial charge in [0.15, 0.2) is 0 Å². The molecule has 0 saturated carbocycles. The molecule has 22 heavy (non-hydrogen) atoms. The van der Waals surface area contributed by atoms with E-state index in [0.29, 0.717) is 5.69 Å². The summed E-state index contributed by atoms with van der Waals surface area (Å²) < 4.78 is 0. The molecule has 0 saturated heterocycles. The predicted octanol–water partition coefficient (Wildman–Crippen LogP) is 4.24. The molecule has 0 aliphatic rings. The second-order valence-electron chi connectivity index (χ2n) is 4.83. The lowest BCUT2D eigenvalue weighted by atomic mass is 10.2. The molecule has 5 heteroatoms. The molecule has 0 heterocycles. The van der Waals surface area contributed by atoms with Gasteiger partial charge < -0.3 is 5.32 Å². The van der Waals surface area contributed by atoms with Gasteiger partial charge in [-0.05, 0) is 37.1 Å². The van der Waals surface area contributed by atoms with E-state index in [-0.39, 0.29) is 5.70 Å². The predicted molar refractivity (Wildman–Crippen MR) is 89.2 cm³/mol. The lowest BCUT2D eigenvalue weighted by Crippen LogP contribution is -2.03. The van der Waals surface area contributed by atoms with Crippen molar-refractivity contribution in [1.82, 2.24) is 0 Å². The molecule has 0 unspecified atom stereocenters. The minimum Gasteiger partial charge on any atom is -0.356 e. The zero-order valence-electron chi connectivity index (χ0n) is 12.5. The minimum atomic E-state index is -0.465. The van der Waals surface area contributed by atoms with E-state index >= 15 is 0 Å². The summed E-state index contributed by atoms with van der Waals surface area (Å²) in [4.78, 5) is 14.8. The normalized spacial score (nSPS) is 11.6. The summed E-state index contributed by atoms with van der Waals surface area (Å²) in [7, 11) is 0. The highest BCUT2D eigenvalue weighted by Gasteiger charge is 2.07. The number of rotatable bonds is 5. The van der Waals surface area contributed by atoms with Gasteiger partial charge in [0.2, 0.25) is 0 Å². The Balaban J connectivity index is 2.20. The summed E-state index contributed by atoms with van der Waals surface area (Å²) in [6, 6.07) is 15.1. The summed E-state index contributed by atoms with van der Waals surface area (Å²) in [6.45, 7) is 3.84. The van der Waals surface area contributed by atoms with Crippen LogP contribution in [-0.4, -0.2) is 11.1 Å². The maximum absolute atomic E-state index is 11.1. The zero-order valence-corrected chi connectivity index (χ0v) is 12.5. The number of benzene rings is 2. The van der Waals surface area contributed by atoms with Gasteiger partial charge in [0, 0.05) is 5.69 Å². The largest absolute Gasteiger partial charge is 0.356 e. The van der Waals surface area contributed by atoms with Crippen molar-refractivity contribution < 1.29 is 4.92 Å². The third kappa shape index (κ3) is 4.02. The highest BCUT2D eigenvalue weighted by atomic mass is 16.6. The molecular formula is C17H17N3O2. The van der Waals surface area contributed by atoms with Gasteiger partial charge in [0.1, 0.15) is 6.21 Å². The number of nitrogens with zero attached hydrogens (tertiary/aromatic N) is 2. The van der Waals surface area contributed by atoms with E-state index in [1.807, 2.05) is 62.4 Å². The second kappa shape index (κ2) is 7.17. The lowest BCUT2D eigenvalue weighted by molar-refractivity contribution is -0.414. The lowest BCUT2D eigenvalue weighted by Gasteiger charge is -2.04. The Hall–Kier alpha value is -2.95. The smallest absolute Gasteiger partial charge is 0.303 e. The number of para-hydroxylation sites is 2. The van der Waals surface area contributed by atoms with Gasteiger partial charge in [0.05, 0.1) is 16.8 Å². The van der Waals surface area contributed by atoms with E-state index in [4.69, 9.17) is 0 Å². The first kappa shape index (κ1) is 15.4. The van der Waals surface area contributed by atoms with Crippen LogP contribution in [0.3, 0.4) is 0 Å². The quantitative estimate of drug-likeness (QED) is 0.509. The molecule has 0 atom stereocenters. The summed E-state index contributed by atoms with van der Waals surface area (Å²) in [5.41, 5.74) is 3.41. The average molecular weight is 295 g/mol. The Morgan fingerprint density at radius 2 is 1.73 bits per heavy atom. The SMILES string of the molecule is Cc1ccccc1N=C/C(=C/Nc1ccccc1C)[N+](=O)[O-]. The third-order valence-corrected chi connectivity index (χ3v) is 3.18. The van der Waals surface area contributed by atoms with Crippen molar-refractivity contribution in [3.05, 3.63) is 81.7 Å². The Kier molecular flexibility index (Phi) is 5.03. The van der Waals surface area contributed by atoms with Crippen LogP contribution in [0.2, 0.25) is 0 Å². The van der Waals surface area contributed by atoms with E-state index in [0.717, 1.165) is 16.8 Å². The van der Waals surface area contributed by atoms with Crippen molar-refractivity contribution in [1.29, 1.82) is 0 Å². The fourth-order valence-electron chi connectivity index (χ4n) is 1.87. The van der Waals surface area contributed by atoms with Crippen molar-refractivity contribution in [3.8, 4) is 0 Å². The van der Waals surface area contributed by atoms with Crippen molar-refractivity contribution >= 4 is 17.6 Å². The van der Waals surface area contributed by atoms with Crippen LogP contribution in [0.1, 0.15) is 11.1 Å². The molecule has 0 aliphatic heterocycles. The van der Waals surface area contributed by atoms with E-state index in [1.54, 1.807) is 0 Å². The zero-order chi connectivity index (χ0) is 15.9. The molecule has 0 radical (unpaired) electrons. The Labute approximate surface area is 129 Å². The first-order chi connectivity index (χ1) is 10.6. The molecule has 2 aromatic rings. The van der Waals surface area contributed by atoms with Crippen LogP contribution < -0.4 is 5.32 Å². The van der Waals surface area contributed by atoms with Crippen molar-refractivity contribution in [2.45, 2.75) is 13.8 Å². The summed E-state index contributed by atoms with van der Waals surface area (Å²) in [6.07, 6.45) is 2.61. The van der Waals surface area contributed by atoms with Crippen molar-refractivity contribution in [2.24, 2.45) is 4.99 Å². The molecule has 0 fully saturated rings. The summed E-state index contributed by atoms with van der Waals surface area (Å²) >= 11 is 0. The van der Waals surface area contributed by atoms with Crippen molar-refractivity contribution in [2.75, 3.05) is 5.32 Å². The summed E-state index contributed by atoms with van der Waals surface area (Å²) in [5, 5.41) is 14.1. The molecule has 0 spiro atoms. The number of aliphatic imine (C=N–C) groups is 1. The Morgan fingerprint density at radius 3 is 2.36 bits per heavy atom. The molecular weight excluding hydrogens is 278 g/mol. The second-order valence-corrected chi connectivity index (χ2v) is 4.83. The van der Waals surface area contributed by atoms with Crippen LogP contribution >= 0.6 is 0 Å². The van der Waals surface area contributed by atoms with Crippen LogP contribution in [0.15, 0.2) is 65.4 Å². The number of anilines is 1. The molecule has 1 N–H and O–H groups in total. The monoisotopic (exact) mass is 295 g/mol. The molecule has 5 nitrogen and oxygen atoms in total. The molecule has 0 aromatic heterocycles. The first-order valence-corrected chi connectivity index (χ1v) is 6.84. The average Bonchev–Trinajstić information content (AvgIpc) is 2.50. The number of hydrogen-bond donors (Lipinski definition) is 1. The maximum Gasteiger partial charge on any atom is 0.303 e. The maximum atomic E-state index is 11.1. The van der Waals surface area contributed by atoms with Gasteiger partial charge in [-0.1, -0.05) is 36.4 Å². The van der Waals surface area contributed by atoms with Crippen LogP contribution in [0.25, 0.3) is 0 Å². The number of nitrogens with one attached hydrogen (secondary N) is 1. The molecule has 2 aromatic carbocycles.